The number of nitrogens with zero attached hydrogens (tertiary/aromatic N) is 1. The summed E-state index contributed by atoms with van der Waals surface area (Å²) in [7, 11) is 0. The minimum absolute atomic E-state index is 1.18. The molecule has 0 fully saturated rings. The van der Waals surface area contributed by atoms with Gasteiger partial charge >= 0.3 is 0 Å². The summed E-state index contributed by atoms with van der Waals surface area (Å²) in [4.78, 5) is 0. The first-order valence-corrected chi connectivity index (χ1v) is 8.20. The standard InChI is InChI=1S/C18H32N/c1-4-5-6-7-8-9-10-11-12-14-19-15-13-17(2)18(3)16-19/h13,15-16H,4-12,14H2,1-3H3/q+1. The van der Waals surface area contributed by atoms with Crippen LogP contribution >= 0.6 is 0 Å². The highest BCUT2D eigenvalue weighted by Crippen LogP contribution is 2.09. The van der Waals surface area contributed by atoms with Gasteiger partial charge in [-0.1, -0.05) is 51.9 Å². The zero-order chi connectivity index (χ0) is 13.9. The van der Waals surface area contributed by atoms with Gasteiger partial charge in [-0.15, -0.1) is 0 Å². The van der Waals surface area contributed by atoms with Crippen molar-refractivity contribution in [2.45, 2.75) is 85.1 Å². The number of unbranched alkanes of at least 4 members (excludes halogenated alkanes) is 8. The van der Waals surface area contributed by atoms with E-state index >= 15 is 0 Å². The fourth-order valence-corrected chi connectivity index (χ4v) is 2.48. The number of aromatic nitrogens is 1. The molecule has 0 amide bonds. The first-order chi connectivity index (χ1) is 9.24. The number of pyridine rings is 1. The Hall–Kier alpha value is -0.850. The number of hydrogen-bond acceptors (Lipinski definition) is 0. The van der Waals surface area contributed by atoms with Gasteiger partial charge in [-0.25, -0.2) is 4.57 Å². The summed E-state index contributed by atoms with van der Waals surface area (Å²) in [5.41, 5.74) is 2.79. The molecule has 1 heterocycles. The van der Waals surface area contributed by atoms with Crippen LogP contribution in [0, 0.1) is 13.8 Å². The van der Waals surface area contributed by atoms with Crippen molar-refractivity contribution in [1.29, 1.82) is 0 Å². The second kappa shape index (κ2) is 10.00. The Morgan fingerprint density at radius 1 is 0.789 bits per heavy atom. The molecule has 0 aromatic carbocycles. The van der Waals surface area contributed by atoms with Crippen molar-refractivity contribution in [2.24, 2.45) is 0 Å². The molecule has 1 heteroatoms. The Bertz CT molecular complexity index is 344. The predicted octanol–water partition coefficient (Wildman–Crippen LogP) is 5.12. The lowest BCUT2D eigenvalue weighted by molar-refractivity contribution is -0.697. The second-order valence-electron chi connectivity index (χ2n) is 5.88. The molecule has 0 radical (unpaired) electrons. The Morgan fingerprint density at radius 3 is 1.95 bits per heavy atom. The molecule has 0 aliphatic heterocycles. The predicted molar refractivity (Wildman–Crippen MR) is 83.3 cm³/mol. The second-order valence-corrected chi connectivity index (χ2v) is 5.88. The van der Waals surface area contributed by atoms with Crippen LogP contribution in [-0.4, -0.2) is 0 Å². The molecule has 0 saturated heterocycles. The molecule has 0 atom stereocenters. The molecule has 0 spiro atoms. The molecule has 0 aliphatic carbocycles. The van der Waals surface area contributed by atoms with Gasteiger partial charge < -0.3 is 0 Å². The van der Waals surface area contributed by atoms with Crippen molar-refractivity contribution < 1.29 is 4.57 Å². The zero-order valence-electron chi connectivity index (χ0n) is 13.3. The van der Waals surface area contributed by atoms with Crippen molar-refractivity contribution in [3.8, 4) is 0 Å². The van der Waals surface area contributed by atoms with Crippen LogP contribution in [0.1, 0.15) is 75.8 Å². The lowest BCUT2D eigenvalue weighted by atomic mass is 10.1. The van der Waals surface area contributed by atoms with E-state index in [4.69, 9.17) is 0 Å². The molecule has 1 rings (SSSR count). The largest absolute Gasteiger partial charge is 0.205 e. The van der Waals surface area contributed by atoms with E-state index in [0.717, 1.165) is 0 Å². The quantitative estimate of drug-likeness (QED) is 0.407. The topological polar surface area (TPSA) is 3.88 Å². The van der Waals surface area contributed by atoms with Gasteiger partial charge in [0.15, 0.2) is 12.4 Å². The molecular formula is C18H32N+. The molecule has 1 aromatic rings. The van der Waals surface area contributed by atoms with Crippen molar-refractivity contribution in [3.63, 3.8) is 0 Å². The molecule has 19 heavy (non-hydrogen) atoms. The van der Waals surface area contributed by atoms with Gasteiger partial charge in [0.2, 0.25) is 0 Å². The van der Waals surface area contributed by atoms with Crippen molar-refractivity contribution >= 4 is 0 Å². The minimum atomic E-state index is 1.18. The van der Waals surface area contributed by atoms with Crippen molar-refractivity contribution in [1.82, 2.24) is 0 Å². The summed E-state index contributed by atoms with van der Waals surface area (Å²) in [6.07, 6.45) is 17.1. The number of aryl methyl sites for hydroxylation is 3. The third-order valence-corrected chi connectivity index (χ3v) is 4.02. The molecule has 0 bridgehead atoms. The highest BCUT2D eigenvalue weighted by atomic mass is 14.9. The third kappa shape index (κ3) is 7.34. The SMILES string of the molecule is CCCCCCCCCCC[n+]1ccc(C)c(C)c1. The molecule has 0 N–H and O–H groups in total. The van der Waals surface area contributed by atoms with Gasteiger partial charge in [-0.05, 0) is 25.8 Å². The minimum Gasteiger partial charge on any atom is -0.205 e. The van der Waals surface area contributed by atoms with E-state index in [-0.39, 0.29) is 0 Å². The Labute approximate surface area is 120 Å². The first-order valence-electron chi connectivity index (χ1n) is 8.20. The van der Waals surface area contributed by atoms with Crippen LogP contribution in [0.5, 0.6) is 0 Å². The van der Waals surface area contributed by atoms with E-state index < -0.39 is 0 Å². The molecule has 0 aliphatic rings. The lowest BCUT2D eigenvalue weighted by Crippen LogP contribution is -2.33. The summed E-state index contributed by atoms with van der Waals surface area (Å²) in [5, 5.41) is 0. The van der Waals surface area contributed by atoms with Gasteiger partial charge in [-0.3, -0.25) is 0 Å². The van der Waals surface area contributed by atoms with E-state index in [1.807, 2.05) is 0 Å². The summed E-state index contributed by atoms with van der Waals surface area (Å²) in [5.74, 6) is 0. The smallest absolute Gasteiger partial charge is 0.171 e. The number of rotatable bonds is 10. The van der Waals surface area contributed by atoms with Gasteiger partial charge in [0, 0.05) is 18.1 Å². The normalized spacial score (nSPS) is 10.9. The average Bonchev–Trinajstić information content (AvgIpc) is 2.41. The van der Waals surface area contributed by atoms with Crippen LogP contribution in [-0.2, 0) is 6.54 Å². The Morgan fingerprint density at radius 2 is 1.37 bits per heavy atom. The van der Waals surface area contributed by atoms with E-state index in [1.165, 1.54) is 75.5 Å². The summed E-state index contributed by atoms with van der Waals surface area (Å²) < 4.78 is 2.34. The van der Waals surface area contributed by atoms with E-state index in [9.17, 15) is 0 Å². The van der Waals surface area contributed by atoms with Gasteiger partial charge in [-0.2, -0.15) is 0 Å². The summed E-state index contributed by atoms with van der Waals surface area (Å²) >= 11 is 0. The molecular weight excluding hydrogens is 230 g/mol. The summed E-state index contributed by atoms with van der Waals surface area (Å²) in [6, 6.07) is 2.23. The van der Waals surface area contributed by atoms with Crippen LogP contribution in [0.3, 0.4) is 0 Å². The Balaban J connectivity index is 2.00. The molecule has 1 nitrogen and oxygen atoms in total. The van der Waals surface area contributed by atoms with Crippen molar-refractivity contribution in [3.05, 3.63) is 29.6 Å². The molecule has 108 valence electrons. The highest BCUT2D eigenvalue weighted by molar-refractivity contribution is 5.16. The fraction of sp³-hybridized carbons (Fsp3) is 0.722. The third-order valence-electron chi connectivity index (χ3n) is 4.02. The van der Waals surface area contributed by atoms with Gasteiger partial charge in [0.25, 0.3) is 0 Å². The Kier molecular flexibility index (Phi) is 8.53. The van der Waals surface area contributed by atoms with Crippen molar-refractivity contribution in [2.75, 3.05) is 0 Å². The first kappa shape index (κ1) is 16.2. The van der Waals surface area contributed by atoms with E-state index in [0.29, 0.717) is 0 Å². The monoisotopic (exact) mass is 262 g/mol. The molecule has 1 aromatic heterocycles. The van der Waals surface area contributed by atoms with Crippen LogP contribution in [0.25, 0.3) is 0 Å². The van der Waals surface area contributed by atoms with Gasteiger partial charge in [0.05, 0.1) is 0 Å². The average molecular weight is 262 g/mol. The maximum atomic E-state index is 2.34. The molecule has 0 unspecified atom stereocenters. The number of hydrogen-bond donors (Lipinski definition) is 0. The van der Waals surface area contributed by atoms with Crippen LogP contribution < -0.4 is 4.57 Å². The highest BCUT2D eigenvalue weighted by Gasteiger charge is 2.02. The van der Waals surface area contributed by atoms with Gasteiger partial charge in [0.1, 0.15) is 6.54 Å². The zero-order valence-corrected chi connectivity index (χ0v) is 13.3. The maximum absolute atomic E-state index is 2.34. The van der Waals surface area contributed by atoms with E-state index in [2.05, 4.69) is 43.8 Å². The molecule has 0 saturated carbocycles. The fourth-order valence-electron chi connectivity index (χ4n) is 2.48. The van der Waals surface area contributed by atoms with E-state index in [1.54, 1.807) is 0 Å². The van der Waals surface area contributed by atoms with Crippen LogP contribution in [0.2, 0.25) is 0 Å². The van der Waals surface area contributed by atoms with Crippen LogP contribution in [0.15, 0.2) is 18.5 Å². The lowest BCUT2D eigenvalue weighted by Gasteiger charge is -2.02. The summed E-state index contributed by atoms with van der Waals surface area (Å²) in [6.45, 7) is 7.84. The maximum Gasteiger partial charge on any atom is 0.171 e. The van der Waals surface area contributed by atoms with Crippen LogP contribution in [0.4, 0.5) is 0 Å².